The molecule has 2 heterocycles. The molecule has 2 rings (SSSR count). The second-order valence-electron chi connectivity index (χ2n) is 3.77. The van der Waals surface area contributed by atoms with Crippen LogP contribution in [0.1, 0.15) is 24.2 Å². The highest BCUT2D eigenvalue weighted by molar-refractivity contribution is 7.03. The topological polar surface area (TPSA) is 41.9 Å². The lowest BCUT2D eigenvalue weighted by molar-refractivity contribution is 0.249. The van der Waals surface area contributed by atoms with E-state index in [1.165, 1.54) is 17.1 Å². The third kappa shape index (κ3) is 2.62. The van der Waals surface area contributed by atoms with Gasteiger partial charge in [0.05, 0.1) is 5.69 Å². The summed E-state index contributed by atoms with van der Waals surface area (Å²) in [6, 6.07) is 4.38. The van der Waals surface area contributed by atoms with Gasteiger partial charge in [-0.1, -0.05) is 10.6 Å². The summed E-state index contributed by atoms with van der Waals surface area (Å²) in [5, 5.41) is 6.02. The van der Waals surface area contributed by atoms with Crippen molar-refractivity contribution in [3.8, 4) is 0 Å². The Bertz CT molecular complexity index is 415. The predicted octanol–water partition coefficient (Wildman–Crippen LogP) is 2.13. The fourth-order valence-electron chi connectivity index (χ4n) is 1.52. The summed E-state index contributed by atoms with van der Waals surface area (Å²) >= 11 is 1.39. The molecule has 4 nitrogen and oxygen atoms in total. The van der Waals surface area contributed by atoms with Crippen molar-refractivity contribution in [2.45, 2.75) is 19.5 Å². The molecule has 16 heavy (non-hydrogen) atoms. The first-order chi connectivity index (χ1) is 7.77. The van der Waals surface area contributed by atoms with Crippen molar-refractivity contribution in [1.82, 2.24) is 19.5 Å². The second-order valence-corrected chi connectivity index (χ2v) is 4.38. The minimum Gasteiger partial charge on any atom is -0.294 e. The first-order valence-corrected chi connectivity index (χ1v) is 5.97. The average Bonchev–Trinajstić information content (AvgIpc) is 2.82. The van der Waals surface area contributed by atoms with E-state index in [-0.39, 0.29) is 0 Å². The Morgan fingerprint density at radius 1 is 1.50 bits per heavy atom. The van der Waals surface area contributed by atoms with Crippen LogP contribution in [0.3, 0.4) is 0 Å². The summed E-state index contributed by atoms with van der Waals surface area (Å²) in [4.78, 5) is 6.36. The quantitative estimate of drug-likeness (QED) is 0.812. The Morgan fingerprint density at radius 2 is 2.38 bits per heavy atom. The van der Waals surface area contributed by atoms with Crippen molar-refractivity contribution < 1.29 is 0 Å². The molecule has 0 saturated carbocycles. The Balaban J connectivity index is 2.02. The van der Waals surface area contributed by atoms with Gasteiger partial charge in [0.2, 0.25) is 0 Å². The van der Waals surface area contributed by atoms with Crippen LogP contribution < -0.4 is 0 Å². The maximum atomic E-state index is 4.13. The van der Waals surface area contributed by atoms with Crippen molar-refractivity contribution in [2.75, 3.05) is 7.05 Å². The molecule has 0 aromatic carbocycles. The Labute approximate surface area is 99.1 Å². The number of pyridine rings is 1. The molecule has 2 aromatic heterocycles. The van der Waals surface area contributed by atoms with E-state index in [9.17, 15) is 0 Å². The maximum Gasteiger partial charge on any atom is 0.0895 e. The lowest BCUT2D eigenvalue weighted by Crippen LogP contribution is -2.22. The molecule has 0 fully saturated rings. The standard InChI is InChI=1S/C11H14N4S/c1-9(10-4-3-5-12-6-10)15(2)7-11-8-16-14-13-11/h3-6,8-9H,7H2,1-2H3. The molecule has 0 saturated heterocycles. The summed E-state index contributed by atoms with van der Waals surface area (Å²) in [5.41, 5.74) is 2.23. The van der Waals surface area contributed by atoms with Crippen LogP contribution in [-0.2, 0) is 6.54 Å². The largest absolute Gasteiger partial charge is 0.294 e. The van der Waals surface area contributed by atoms with Crippen LogP contribution in [0.2, 0.25) is 0 Å². The van der Waals surface area contributed by atoms with E-state index in [1.807, 2.05) is 17.6 Å². The first-order valence-electron chi connectivity index (χ1n) is 5.13. The fraction of sp³-hybridized carbons (Fsp3) is 0.364. The molecule has 5 heteroatoms. The molecule has 2 aromatic rings. The van der Waals surface area contributed by atoms with Crippen LogP contribution in [0.5, 0.6) is 0 Å². The Kier molecular flexibility index (Phi) is 3.58. The molecular formula is C11H14N4S. The number of hydrogen-bond donors (Lipinski definition) is 0. The summed E-state index contributed by atoms with van der Waals surface area (Å²) in [6.07, 6.45) is 3.70. The van der Waals surface area contributed by atoms with E-state index in [0.717, 1.165) is 12.2 Å². The normalized spacial score (nSPS) is 12.9. The van der Waals surface area contributed by atoms with Gasteiger partial charge in [-0.2, -0.15) is 0 Å². The zero-order chi connectivity index (χ0) is 11.4. The van der Waals surface area contributed by atoms with Crippen molar-refractivity contribution in [3.63, 3.8) is 0 Å². The minimum absolute atomic E-state index is 0.329. The van der Waals surface area contributed by atoms with E-state index in [1.54, 1.807) is 6.20 Å². The Morgan fingerprint density at radius 3 is 3.00 bits per heavy atom. The second kappa shape index (κ2) is 5.14. The zero-order valence-corrected chi connectivity index (χ0v) is 10.2. The molecule has 0 spiro atoms. The number of hydrogen-bond acceptors (Lipinski definition) is 5. The van der Waals surface area contributed by atoms with Gasteiger partial charge in [0.15, 0.2) is 0 Å². The zero-order valence-electron chi connectivity index (χ0n) is 9.37. The molecule has 1 unspecified atom stereocenters. The third-order valence-electron chi connectivity index (χ3n) is 2.64. The van der Waals surface area contributed by atoms with Gasteiger partial charge in [-0.15, -0.1) is 5.10 Å². The number of nitrogens with zero attached hydrogens (tertiary/aromatic N) is 4. The SMILES string of the molecule is CC(c1cccnc1)N(C)Cc1csnn1. The molecule has 0 aliphatic heterocycles. The van der Waals surface area contributed by atoms with E-state index in [4.69, 9.17) is 0 Å². The molecular weight excluding hydrogens is 220 g/mol. The van der Waals surface area contributed by atoms with Crippen molar-refractivity contribution in [1.29, 1.82) is 0 Å². The third-order valence-corrected chi connectivity index (χ3v) is 3.20. The summed E-state index contributed by atoms with van der Waals surface area (Å²) in [7, 11) is 2.08. The van der Waals surface area contributed by atoms with Gasteiger partial charge < -0.3 is 0 Å². The van der Waals surface area contributed by atoms with Gasteiger partial charge in [0, 0.05) is 30.4 Å². The summed E-state index contributed by atoms with van der Waals surface area (Å²) in [5.74, 6) is 0. The molecule has 0 aliphatic carbocycles. The van der Waals surface area contributed by atoms with Crippen LogP contribution in [0.4, 0.5) is 0 Å². The Hall–Kier alpha value is -1.33. The molecule has 84 valence electrons. The average molecular weight is 234 g/mol. The monoisotopic (exact) mass is 234 g/mol. The van der Waals surface area contributed by atoms with Gasteiger partial charge in [0.1, 0.15) is 0 Å². The van der Waals surface area contributed by atoms with E-state index in [2.05, 4.69) is 39.5 Å². The fourth-order valence-corrected chi connectivity index (χ4v) is 1.97. The van der Waals surface area contributed by atoms with E-state index in [0.29, 0.717) is 6.04 Å². The van der Waals surface area contributed by atoms with Crippen LogP contribution in [0.15, 0.2) is 29.9 Å². The summed E-state index contributed by atoms with van der Waals surface area (Å²) in [6.45, 7) is 2.98. The minimum atomic E-state index is 0.329. The highest BCUT2D eigenvalue weighted by atomic mass is 32.1. The lowest BCUT2D eigenvalue weighted by atomic mass is 10.1. The van der Waals surface area contributed by atoms with Crippen molar-refractivity contribution in [3.05, 3.63) is 41.2 Å². The summed E-state index contributed by atoms with van der Waals surface area (Å²) < 4.78 is 3.86. The molecule has 1 atom stereocenters. The molecule has 0 N–H and O–H groups in total. The lowest BCUT2D eigenvalue weighted by Gasteiger charge is -2.23. The van der Waals surface area contributed by atoms with Gasteiger partial charge in [0.25, 0.3) is 0 Å². The van der Waals surface area contributed by atoms with E-state index < -0.39 is 0 Å². The van der Waals surface area contributed by atoms with Crippen LogP contribution in [0, 0.1) is 0 Å². The molecule has 0 amide bonds. The smallest absolute Gasteiger partial charge is 0.0895 e. The number of aromatic nitrogens is 3. The van der Waals surface area contributed by atoms with Gasteiger partial charge in [-0.25, -0.2) is 0 Å². The first kappa shape index (κ1) is 11.2. The van der Waals surface area contributed by atoms with Gasteiger partial charge >= 0.3 is 0 Å². The number of rotatable bonds is 4. The predicted molar refractivity (Wildman–Crippen MR) is 64.0 cm³/mol. The molecule has 0 bridgehead atoms. The highest BCUT2D eigenvalue weighted by Crippen LogP contribution is 2.18. The molecule has 0 aliphatic rings. The van der Waals surface area contributed by atoms with Crippen molar-refractivity contribution >= 4 is 11.5 Å². The van der Waals surface area contributed by atoms with Gasteiger partial charge in [-0.05, 0) is 37.1 Å². The van der Waals surface area contributed by atoms with Crippen LogP contribution in [0.25, 0.3) is 0 Å². The van der Waals surface area contributed by atoms with E-state index >= 15 is 0 Å². The maximum absolute atomic E-state index is 4.13. The van der Waals surface area contributed by atoms with Gasteiger partial charge in [-0.3, -0.25) is 9.88 Å². The molecule has 0 radical (unpaired) electrons. The van der Waals surface area contributed by atoms with Crippen molar-refractivity contribution in [2.24, 2.45) is 0 Å². The van der Waals surface area contributed by atoms with Crippen LogP contribution in [-0.4, -0.2) is 26.5 Å². The highest BCUT2D eigenvalue weighted by Gasteiger charge is 2.12. The van der Waals surface area contributed by atoms with Crippen LogP contribution >= 0.6 is 11.5 Å².